The second kappa shape index (κ2) is 5.66. The second-order valence-electron chi connectivity index (χ2n) is 5.97. The largest absolute Gasteiger partial charge is 0.299 e. The van der Waals surface area contributed by atoms with E-state index in [2.05, 4.69) is 39.8 Å². The van der Waals surface area contributed by atoms with Gasteiger partial charge in [0, 0.05) is 5.41 Å². The molecule has 0 saturated carbocycles. The average Bonchev–Trinajstić information content (AvgIpc) is 2.22. The number of Topliss-reactive ketones (excluding diaryl/α,β-unsaturated/α-hetero) is 1. The minimum absolute atomic E-state index is 0.130. The molecule has 0 fully saturated rings. The summed E-state index contributed by atoms with van der Waals surface area (Å²) in [4.78, 5) is 11.8. The van der Waals surface area contributed by atoms with Crippen LogP contribution in [-0.4, -0.2) is 5.78 Å². The third-order valence-corrected chi connectivity index (χ3v) is 4.26. The third kappa shape index (κ3) is 3.55. The van der Waals surface area contributed by atoms with Crippen molar-refractivity contribution in [3.05, 3.63) is 23.3 Å². The zero-order chi connectivity index (χ0) is 13.1. The first-order chi connectivity index (χ1) is 7.86. The summed E-state index contributed by atoms with van der Waals surface area (Å²) >= 11 is 0. The Balaban J connectivity index is 2.66. The number of ketones is 1. The number of carbonyl (C=O) groups is 1. The first kappa shape index (κ1) is 14.2. The molecule has 0 radical (unpaired) electrons. The van der Waals surface area contributed by atoms with Crippen molar-refractivity contribution in [1.29, 1.82) is 0 Å². The summed E-state index contributed by atoms with van der Waals surface area (Å²) < 4.78 is 0. The summed E-state index contributed by atoms with van der Waals surface area (Å²) in [5, 5.41) is 0. The fraction of sp³-hybridized carbons (Fsp3) is 0.688. The van der Waals surface area contributed by atoms with Crippen LogP contribution in [0.25, 0.3) is 0 Å². The molecule has 1 rings (SSSR count). The van der Waals surface area contributed by atoms with E-state index in [1.807, 2.05) is 0 Å². The van der Waals surface area contributed by atoms with Crippen molar-refractivity contribution < 1.29 is 4.79 Å². The van der Waals surface area contributed by atoms with Gasteiger partial charge in [-0.05, 0) is 52.4 Å². The maximum absolute atomic E-state index is 11.8. The molecule has 0 heterocycles. The molecule has 1 aliphatic carbocycles. The normalized spacial score (nSPS) is 28.5. The Labute approximate surface area is 106 Å². The van der Waals surface area contributed by atoms with E-state index < -0.39 is 0 Å². The Kier molecular flexibility index (Phi) is 4.73. The molecule has 1 aliphatic rings. The molecule has 0 aliphatic heterocycles. The quantitative estimate of drug-likeness (QED) is 0.645. The lowest BCUT2D eigenvalue weighted by molar-refractivity contribution is -0.128. The van der Waals surface area contributed by atoms with Crippen LogP contribution in [0.3, 0.4) is 0 Å². The number of carbonyl (C=O) groups excluding carboxylic acids is 1. The van der Waals surface area contributed by atoms with Crippen molar-refractivity contribution in [2.45, 2.75) is 60.3 Å². The summed E-state index contributed by atoms with van der Waals surface area (Å²) in [6, 6.07) is 0. The summed E-state index contributed by atoms with van der Waals surface area (Å²) in [5.74, 6) is 0.824. The van der Waals surface area contributed by atoms with E-state index in [4.69, 9.17) is 0 Å². The Morgan fingerprint density at radius 3 is 2.65 bits per heavy atom. The van der Waals surface area contributed by atoms with Crippen LogP contribution >= 0.6 is 0 Å². The highest BCUT2D eigenvalue weighted by Gasteiger charge is 2.38. The van der Waals surface area contributed by atoms with Gasteiger partial charge in [-0.3, -0.25) is 4.79 Å². The van der Waals surface area contributed by atoms with E-state index in [1.165, 1.54) is 11.1 Å². The fourth-order valence-corrected chi connectivity index (χ4v) is 2.53. The van der Waals surface area contributed by atoms with E-state index in [-0.39, 0.29) is 5.41 Å². The SMILES string of the molecule is CC(=O)[C@@]1(C)CC(CCC=C(C)C)=CCC1C. The van der Waals surface area contributed by atoms with Crippen LogP contribution in [0.4, 0.5) is 0 Å². The molecule has 0 aromatic rings. The Morgan fingerprint density at radius 2 is 2.12 bits per heavy atom. The molecule has 0 saturated heterocycles. The predicted octanol–water partition coefficient (Wildman–Crippen LogP) is 4.68. The summed E-state index contributed by atoms with van der Waals surface area (Å²) in [6.07, 6.45) is 8.87. The van der Waals surface area contributed by atoms with Crippen LogP contribution in [0.5, 0.6) is 0 Å². The maximum atomic E-state index is 11.8. The van der Waals surface area contributed by atoms with Crippen LogP contribution in [0, 0.1) is 11.3 Å². The molecule has 0 bridgehead atoms. The summed E-state index contributed by atoms with van der Waals surface area (Å²) in [7, 11) is 0. The highest BCUT2D eigenvalue weighted by molar-refractivity contribution is 5.82. The van der Waals surface area contributed by atoms with Crippen molar-refractivity contribution in [1.82, 2.24) is 0 Å². The molecule has 0 spiro atoms. The lowest BCUT2D eigenvalue weighted by Gasteiger charge is -2.37. The highest BCUT2D eigenvalue weighted by atomic mass is 16.1. The molecular formula is C16H26O. The molecule has 0 N–H and O–H groups in total. The van der Waals surface area contributed by atoms with Gasteiger partial charge in [0.1, 0.15) is 5.78 Å². The van der Waals surface area contributed by atoms with Crippen molar-refractivity contribution in [2.75, 3.05) is 0 Å². The number of hydrogen-bond donors (Lipinski definition) is 0. The van der Waals surface area contributed by atoms with Gasteiger partial charge >= 0.3 is 0 Å². The summed E-state index contributed by atoms with van der Waals surface area (Å²) in [5.41, 5.74) is 2.72. The lowest BCUT2D eigenvalue weighted by Crippen LogP contribution is -2.35. The first-order valence-corrected chi connectivity index (χ1v) is 6.68. The van der Waals surface area contributed by atoms with Crippen LogP contribution < -0.4 is 0 Å². The van der Waals surface area contributed by atoms with Gasteiger partial charge < -0.3 is 0 Å². The van der Waals surface area contributed by atoms with Gasteiger partial charge in [0.15, 0.2) is 0 Å². The van der Waals surface area contributed by atoms with E-state index in [9.17, 15) is 4.79 Å². The molecule has 1 heteroatoms. The molecular weight excluding hydrogens is 208 g/mol. The number of allylic oxidation sites excluding steroid dienone is 4. The summed E-state index contributed by atoms with van der Waals surface area (Å²) in [6.45, 7) is 10.3. The topological polar surface area (TPSA) is 17.1 Å². The molecule has 0 amide bonds. The van der Waals surface area contributed by atoms with Crippen molar-refractivity contribution in [2.24, 2.45) is 11.3 Å². The Morgan fingerprint density at radius 1 is 1.47 bits per heavy atom. The van der Waals surface area contributed by atoms with E-state index in [1.54, 1.807) is 6.92 Å². The van der Waals surface area contributed by atoms with E-state index >= 15 is 0 Å². The third-order valence-electron chi connectivity index (χ3n) is 4.26. The molecule has 0 aromatic heterocycles. The van der Waals surface area contributed by atoms with Crippen LogP contribution in [0.1, 0.15) is 60.3 Å². The molecule has 1 unspecified atom stereocenters. The second-order valence-corrected chi connectivity index (χ2v) is 5.97. The van der Waals surface area contributed by atoms with E-state index in [0.717, 1.165) is 25.7 Å². The highest BCUT2D eigenvalue weighted by Crippen LogP contribution is 2.42. The van der Waals surface area contributed by atoms with Crippen molar-refractivity contribution in [3.63, 3.8) is 0 Å². The monoisotopic (exact) mass is 234 g/mol. The van der Waals surface area contributed by atoms with Gasteiger partial charge in [-0.1, -0.05) is 37.1 Å². The number of hydrogen-bond acceptors (Lipinski definition) is 1. The molecule has 2 atom stereocenters. The maximum Gasteiger partial charge on any atom is 0.136 e. The van der Waals surface area contributed by atoms with Gasteiger partial charge in [0.2, 0.25) is 0 Å². The van der Waals surface area contributed by atoms with Crippen molar-refractivity contribution >= 4 is 5.78 Å². The standard InChI is InChI=1S/C16H26O/c1-12(2)7-6-8-15-10-9-13(3)16(5,11-15)14(4)17/h7,10,13H,6,8-9,11H2,1-5H3/t13?,16-/m0/s1. The van der Waals surface area contributed by atoms with Crippen LogP contribution in [0.2, 0.25) is 0 Å². The minimum atomic E-state index is -0.130. The van der Waals surface area contributed by atoms with E-state index in [0.29, 0.717) is 11.7 Å². The average molecular weight is 234 g/mol. The van der Waals surface area contributed by atoms with Gasteiger partial charge in [-0.15, -0.1) is 0 Å². The van der Waals surface area contributed by atoms with Gasteiger partial charge in [0.25, 0.3) is 0 Å². The van der Waals surface area contributed by atoms with Crippen LogP contribution in [-0.2, 0) is 4.79 Å². The number of rotatable bonds is 4. The fourth-order valence-electron chi connectivity index (χ4n) is 2.53. The van der Waals surface area contributed by atoms with Crippen molar-refractivity contribution in [3.8, 4) is 0 Å². The van der Waals surface area contributed by atoms with Crippen LogP contribution in [0.15, 0.2) is 23.3 Å². The smallest absolute Gasteiger partial charge is 0.136 e. The lowest BCUT2D eigenvalue weighted by atomic mass is 9.66. The molecule has 17 heavy (non-hydrogen) atoms. The molecule has 96 valence electrons. The zero-order valence-corrected chi connectivity index (χ0v) is 12.0. The Hall–Kier alpha value is -0.850. The molecule has 1 nitrogen and oxygen atoms in total. The Bertz CT molecular complexity index is 345. The van der Waals surface area contributed by atoms with Gasteiger partial charge in [0.05, 0.1) is 0 Å². The minimum Gasteiger partial charge on any atom is -0.299 e. The van der Waals surface area contributed by atoms with Gasteiger partial charge in [-0.2, -0.15) is 0 Å². The predicted molar refractivity (Wildman–Crippen MR) is 73.9 cm³/mol. The zero-order valence-electron chi connectivity index (χ0n) is 12.0. The molecule has 0 aromatic carbocycles. The first-order valence-electron chi connectivity index (χ1n) is 6.68. The van der Waals surface area contributed by atoms with Gasteiger partial charge in [-0.25, -0.2) is 0 Å².